The van der Waals surface area contributed by atoms with E-state index in [0.29, 0.717) is 5.56 Å². The first-order valence-corrected chi connectivity index (χ1v) is 6.57. The number of hydrogen-bond acceptors (Lipinski definition) is 3. The van der Waals surface area contributed by atoms with E-state index in [0.717, 1.165) is 23.5 Å². The van der Waals surface area contributed by atoms with Gasteiger partial charge in [0.05, 0.1) is 5.69 Å². The molecule has 2 N–H and O–H groups in total. The summed E-state index contributed by atoms with van der Waals surface area (Å²) in [5, 5.41) is 10.3. The Labute approximate surface area is 119 Å². The van der Waals surface area contributed by atoms with Gasteiger partial charge in [-0.25, -0.2) is 0 Å². The molecule has 2 rings (SSSR count). The molecule has 0 bridgehead atoms. The average molecular weight is 272 g/mol. The molecule has 5 nitrogen and oxygen atoms in total. The molecule has 0 saturated heterocycles. The number of aromatic nitrogens is 2. The fourth-order valence-electron chi connectivity index (χ4n) is 2.16. The van der Waals surface area contributed by atoms with Crippen LogP contribution in [0.5, 0.6) is 0 Å². The summed E-state index contributed by atoms with van der Waals surface area (Å²) in [6, 6.07) is 5.65. The highest BCUT2D eigenvalue weighted by molar-refractivity contribution is 5.94. The van der Waals surface area contributed by atoms with Gasteiger partial charge in [-0.05, 0) is 37.6 Å². The largest absolute Gasteiger partial charge is 0.381 e. The molecule has 0 spiro atoms. The van der Waals surface area contributed by atoms with E-state index in [-0.39, 0.29) is 5.91 Å². The van der Waals surface area contributed by atoms with Crippen LogP contribution in [0.15, 0.2) is 24.4 Å². The molecule has 0 aliphatic carbocycles. The Morgan fingerprint density at radius 2 is 2.10 bits per heavy atom. The summed E-state index contributed by atoms with van der Waals surface area (Å²) < 4.78 is 1.81. The summed E-state index contributed by atoms with van der Waals surface area (Å²) in [4.78, 5) is 11.6. The van der Waals surface area contributed by atoms with E-state index in [1.54, 1.807) is 7.05 Å². The van der Waals surface area contributed by atoms with Gasteiger partial charge >= 0.3 is 0 Å². The zero-order chi connectivity index (χ0) is 14.7. The monoisotopic (exact) mass is 272 g/mol. The van der Waals surface area contributed by atoms with Crippen molar-refractivity contribution < 1.29 is 4.79 Å². The maximum absolute atomic E-state index is 11.6. The number of anilines is 1. The molecule has 0 aliphatic heterocycles. The first-order valence-electron chi connectivity index (χ1n) is 6.57. The van der Waals surface area contributed by atoms with Crippen molar-refractivity contribution >= 4 is 11.6 Å². The van der Waals surface area contributed by atoms with Crippen molar-refractivity contribution in [2.24, 2.45) is 7.05 Å². The Hall–Kier alpha value is -2.30. The minimum absolute atomic E-state index is 0.0669. The molecule has 0 radical (unpaired) electrons. The zero-order valence-electron chi connectivity index (χ0n) is 12.3. The van der Waals surface area contributed by atoms with E-state index in [9.17, 15) is 4.79 Å². The van der Waals surface area contributed by atoms with Crippen LogP contribution in [0, 0.1) is 13.8 Å². The fourth-order valence-corrected chi connectivity index (χ4v) is 2.16. The van der Waals surface area contributed by atoms with Gasteiger partial charge in [0.25, 0.3) is 5.91 Å². The van der Waals surface area contributed by atoms with Gasteiger partial charge in [0.1, 0.15) is 0 Å². The first-order chi connectivity index (χ1) is 9.51. The minimum Gasteiger partial charge on any atom is -0.381 e. The highest BCUT2D eigenvalue weighted by Crippen LogP contribution is 2.18. The van der Waals surface area contributed by atoms with Crippen LogP contribution in [0.3, 0.4) is 0 Å². The first kappa shape index (κ1) is 14.1. The number of carbonyl (C=O) groups is 1. The highest BCUT2D eigenvalue weighted by Gasteiger charge is 2.07. The number of rotatable bonds is 4. The second kappa shape index (κ2) is 5.77. The number of nitrogens with zero attached hydrogens (tertiary/aromatic N) is 2. The average Bonchev–Trinajstić information content (AvgIpc) is 2.74. The van der Waals surface area contributed by atoms with E-state index in [2.05, 4.69) is 15.7 Å². The molecule has 106 valence electrons. The van der Waals surface area contributed by atoms with Crippen molar-refractivity contribution in [2.45, 2.75) is 20.4 Å². The summed E-state index contributed by atoms with van der Waals surface area (Å²) in [7, 11) is 3.55. The van der Waals surface area contributed by atoms with Crippen LogP contribution in [0.1, 0.15) is 27.2 Å². The van der Waals surface area contributed by atoms with Crippen LogP contribution in [0.25, 0.3) is 0 Å². The van der Waals surface area contributed by atoms with Crippen LogP contribution in [0.2, 0.25) is 0 Å². The number of carbonyl (C=O) groups excluding carboxylic acids is 1. The molecule has 1 heterocycles. The van der Waals surface area contributed by atoms with Gasteiger partial charge in [-0.2, -0.15) is 5.10 Å². The number of hydrogen-bond donors (Lipinski definition) is 2. The van der Waals surface area contributed by atoms with Crippen LogP contribution in [0.4, 0.5) is 5.69 Å². The third-order valence-electron chi connectivity index (χ3n) is 3.30. The Balaban J connectivity index is 2.10. The standard InChI is InChI=1S/C15H20N4O/c1-10-7-12(15(20)16-3)5-6-14(10)17-8-13-9-19(4)18-11(13)2/h5-7,9,17H,8H2,1-4H3,(H,16,20). The summed E-state index contributed by atoms with van der Waals surface area (Å²) in [6.45, 7) is 4.71. The predicted octanol–water partition coefficient (Wildman–Crippen LogP) is 2.01. The molecule has 1 aromatic heterocycles. The lowest BCUT2D eigenvalue weighted by molar-refractivity contribution is 0.0963. The maximum atomic E-state index is 11.6. The predicted molar refractivity (Wildman–Crippen MR) is 79.8 cm³/mol. The molecule has 1 aromatic carbocycles. The van der Waals surface area contributed by atoms with Gasteiger partial charge in [-0.3, -0.25) is 9.48 Å². The second-order valence-corrected chi connectivity index (χ2v) is 4.88. The van der Waals surface area contributed by atoms with Crippen molar-refractivity contribution in [3.8, 4) is 0 Å². The molecule has 20 heavy (non-hydrogen) atoms. The number of aryl methyl sites for hydroxylation is 3. The fraction of sp³-hybridized carbons (Fsp3) is 0.333. The molecule has 2 aromatic rings. The van der Waals surface area contributed by atoms with Gasteiger partial charge in [0.2, 0.25) is 0 Å². The van der Waals surface area contributed by atoms with Crippen molar-refractivity contribution in [1.29, 1.82) is 0 Å². The molecule has 0 saturated carbocycles. The third-order valence-corrected chi connectivity index (χ3v) is 3.30. The molecular formula is C15H20N4O. The lowest BCUT2D eigenvalue weighted by Gasteiger charge is -2.10. The lowest BCUT2D eigenvalue weighted by Crippen LogP contribution is -2.17. The van der Waals surface area contributed by atoms with Crippen LogP contribution >= 0.6 is 0 Å². The highest BCUT2D eigenvalue weighted by atomic mass is 16.1. The smallest absolute Gasteiger partial charge is 0.251 e. The summed E-state index contributed by atoms with van der Waals surface area (Å²) >= 11 is 0. The SMILES string of the molecule is CNC(=O)c1ccc(NCc2cn(C)nc2C)c(C)c1. The molecule has 0 atom stereocenters. The molecule has 0 aliphatic rings. The Morgan fingerprint density at radius 1 is 1.35 bits per heavy atom. The van der Waals surface area contributed by atoms with Crippen LogP contribution in [-0.2, 0) is 13.6 Å². The quantitative estimate of drug-likeness (QED) is 0.895. The molecular weight excluding hydrogens is 252 g/mol. The van der Waals surface area contributed by atoms with Crippen molar-refractivity contribution in [3.05, 3.63) is 46.8 Å². The summed E-state index contributed by atoms with van der Waals surface area (Å²) in [5.74, 6) is -0.0669. The van der Waals surface area contributed by atoms with E-state index in [1.165, 1.54) is 5.56 Å². The molecule has 5 heteroatoms. The maximum Gasteiger partial charge on any atom is 0.251 e. The Kier molecular flexibility index (Phi) is 4.08. The van der Waals surface area contributed by atoms with E-state index < -0.39 is 0 Å². The van der Waals surface area contributed by atoms with E-state index >= 15 is 0 Å². The summed E-state index contributed by atoms with van der Waals surface area (Å²) in [5.41, 5.74) is 4.95. The van der Waals surface area contributed by atoms with E-state index in [4.69, 9.17) is 0 Å². The Morgan fingerprint density at radius 3 is 2.65 bits per heavy atom. The summed E-state index contributed by atoms with van der Waals surface area (Å²) in [6.07, 6.45) is 2.01. The normalized spacial score (nSPS) is 10.4. The van der Waals surface area contributed by atoms with E-state index in [1.807, 2.05) is 50.0 Å². The molecule has 0 fully saturated rings. The van der Waals surface area contributed by atoms with Crippen molar-refractivity contribution in [2.75, 3.05) is 12.4 Å². The van der Waals surface area contributed by atoms with Crippen LogP contribution < -0.4 is 10.6 Å². The number of nitrogens with one attached hydrogen (secondary N) is 2. The van der Waals surface area contributed by atoms with Gasteiger partial charge < -0.3 is 10.6 Å². The van der Waals surface area contributed by atoms with Gasteiger partial charge in [0, 0.05) is 43.7 Å². The van der Waals surface area contributed by atoms with Crippen molar-refractivity contribution in [1.82, 2.24) is 15.1 Å². The third kappa shape index (κ3) is 2.99. The lowest BCUT2D eigenvalue weighted by atomic mass is 10.1. The van der Waals surface area contributed by atoms with Gasteiger partial charge in [0.15, 0.2) is 0 Å². The number of benzene rings is 1. The molecule has 1 amide bonds. The van der Waals surface area contributed by atoms with Crippen LogP contribution in [-0.4, -0.2) is 22.7 Å². The molecule has 0 unspecified atom stereocenters. The zero-order valence-corrected chi connectivity index (χ0v) is 12.3. The second-order valence-electron chi connectivity index (χ2n) is 4.88. The minimum atomic E-state index is -0.0669. The Bertz CT molecular complexity index is 631. The van der Waals surface area contributed by atoms with Crippen molar-refractivity contribution in [3.63, 3.8) is 0 Å². The van der Waals surface area contributed by atoms with Gasteiger partial charge in [-0.1, -0.05) is 0 Å². The van der Waals surface area contributed by atoms with Gasteiger partial charge in [-0.15, -0.1) is 0 Å². The number of amides is 1. The topological polar surface area (TPSA) is 59.0 Å².